The molecule has 37 heavy (non-hydrogen) atoms. The third kappa shape index (κ3) is 6.07. The topological polar surface area (TPSA) is 87.0 Å². The van der Waals surface area contributed by atoms with E-state index in [1.165, 1.54) is 12.1 Å². The van der Waals surface area contributed by atoms with Gasteiger partial charge in [-0.2, -0.15) is 0 Å². The van der Waals surface area contributed by atoms with E-state index in [-0.39, 0.29) is 35.1 Å². The molecule has 0 aliphatic heterocycles. The van der Waals surface area contributed by atoms with E-state index in [9.17, 15) is 24.5 Å². The Morgan fingerprint density at radius 2 is 1.57 bits per heavy atom. The van der Waals surface area contributed by atoms with Gasteiger partial charge in [-0.25, -0.2) is 4.39 Å². The van der Waals surface area contributed by atoms with Crippen LogP contribution in [-0.2, 0) is 11.2 Å². The van der Waals surface area contributed by atoms with Gasteiger partial charge in [0.05, 0.1) is 17.1 Å². The number of carbonyl (C=O) groups is 1. The van der Waals surface area contributed by atoms with Crippen LogP contribution in [0.25, 0.3) is 0 Å². The predicted octanol–water partition coefficient (Wildman–Crippen LogP) is 7.81. The Hall–Kier alpha value is -3.12. The number of aliphatic hydroxyl groups excluding tert-OH is 3. The first kappa shape index (κ1) is 28.5. The summed E-state index contributed by atoms with van der Waals surface area (Å²) in [6.07, 6.45) is 2.93. The molecular formula is C31H39FO5. The van der Waals surface area contributed by atoms with Gasteiger partial charge in [0.15, 0.2) is 5.78 Å². The number of halogens is 1. The minimum atomic E-state index is -1.26. The molecule has 0 amide bonds. The maximum Gasteiger partial charge on any atom is 0.165 e. The molecular weight excluding hydrogens is 471 g/mol. The number of ether oxygens (including phenoxy) is 1. The molecule has 2 aromatic rings. The molecule has 0 bridgehead atoms. The summed E-state index contributed by atoms with van der Waals surface area (Å²) in [6, 6.07) is 11.3. The highest BCUT2D eigenvalue weighted by molar-refractivity contribution is 5.98. The summed E-state index contributed by atoms with van der Waals surface area (Å²) in [5.41, 5.74) is 1.34. The summed E-state index contributed by atoms with van der Waals surface area (Å²) < 4.78 is 18.9. The molecule has 0 saturated carbocycles. The highest BCUT2D eigenvalue weighted by Crippen LogP contribution is 2.49. The highest BCUT2D eigenvalue weighted by atomic mass is 19.1. The molecule has 0 spiro atoms. The van der Waals surface area contributed by atoms with Crippen LogP contribution in [0.5, 0.6) is 11.5 Å². The lowest BCUT2D eigenvalue weighted by Gasteiger charge is -2.42. The number of hydrogen-bond acceptors (Lipinski definition) is 5. The first-order chi connectivity index (χ1) is 17.7. The maximum atomic E-state index is 13.5. The molecule has 6 heteroatoms. The molecule has 0 radical (unpaired) electrons. The molecule has 0 saturated heterocycles. The van der Waals surface area contributed by atoms with Crippen LogP contribution in [0.1, 0.15) is 76.8 Å². The summed E-state index contributed by atoms with van der Waals surface area (Å²) in [7, 11) is 0. The van der Waals surface area contributed by atoms with Crippen molar-refractivity contribution in [3.8, 4) is 11.5 Å². The Morgan fingerprint density at radius 3 is 2.14 bits per heavy atom. The molecule has 1 unspecified atom stereocenters. The summed E-state index contributed by atoms with van der Waals surface area (Å²) in [5, 5.41) is 33.6. The summed E-state index contributed by atoms with van der Waals surface area (Å²) in [6.45, 7) is 7.86. The van der Waals surface area contributed by atoms with Gasteiger partial charge in [-0.3, -0.25) is 4.79 Å². The summed E-state index contributed by atoms with van der Waals surface area (Å²) in [4.78, 5) is 13.5. The molecule has 5 nitrogen and oxygen atoms in total. The average molecular weight is 511 g/mol. The lowest BCUT2D eigenvalue weighted by molar-refractivity contribution is -0.118. The van der Waals surface area contributed by atoms with Crippen molar-refractivity contribution >= 4 is 5.78 Å². The number of allylic oxidation sites excluding steroid dienone is 1. The predicted molar refractivity (Wildman–Crippen MR) is 143 cm³/mol. The van der Waals surface area contributed by atoms with E-state index < -0.39 is 11.5 Å². The third-order valence-corrected chi connectivity index (χ3v) is 7.27. The highest BCUT2D eigenvalue weighted by Gasteiger charge is 2.49. The van der Waals surface area contributed by atoms with E-state index in [1.54, 1.807) is 18.2 Å². The van der Waals surface area contributed by atoms with Gasteiger partial charge in [0.25, 0.3) is 0 Å². The van der Waals surface area contributed by atoms with Crippen molar-refractivity contribution < 1.29 is 29.2 Å². The maximum absolute atomic E-state index is 13.5. The van der Waals surface area contributed by atoms with Crippen molar-refractivity contribution in [2.75, 3.05) is 0 Å². The zero-order valence-corrected chi connectivity index (χ0v) is 22.3. The fourth-order valence-corrected chi connectivity index (χ4v) is 5.44. The van der Waals surface area contributed by atoms with Crippen LogP contribution >= 0.6 is 0 Å². The van der Waals surface area contributed by atoms with Gasteiger partial charge < -0.3 is 20.1 Å². The Bertz CT molecular complexity index is 1160. The molecule has 0 fully saturated rings. The second kappa shape index (κ2) is 12.4. The Labute approximate surface area is 219 Å². The van der Waals surface area contributed by atoms with E-state index in [4.69, 9.17) is 4.74 Å². The SMILES string of the molecule is CCCC1=C(O)C(CCC)(CCC)C(O)C(C(=O)CCc2ccc(Oc3ccc(F)cc3)cc2C)=C1O. The number of hydrogen-bond donors (Lipinski definition) is 3. The number of aliphatic hydroxyl groups is 3. The summed E-state index contributed by atoms with van der Waals surface area (Å²) >= 11 is 0. The fourth-order valence-electron chi connectivity index (χ4n) is 5.44. The molecule has 3 N–H and O–H groups in total. The van der Waals surface area contributed by atoms with E-state index in [1.807, 2.05) is 39.8 Å². The minimum absolute atomic E-state index is 0.0251. The monoisotopic (exact) mass is 510 g/mol. The first-order valence-corrected chi connectivity index (χ1v) is 13.3. The third-order valence-electron chi connectivity index (χ3n) is 7.27. The van der Waals surface area contributed by atoms with Gasteiger partial charge in [0.2, 0.25) is 0 Å². The molecule has 0 aromatic heterocycles. The minimum Gasteiger partial charge on any atom is -0.511 e. The molecule has 2 aromatic carbocycles. The van der Waals surface area contributed by atoms with Gasteiger partial charge in [-0.05, 0) is 80.1 Å². The molecule has 200 valence electrons. The normalized spacial score (nSPS) is 17.3. The van der Waals surface area contributed by atoms with Crippen LogP contribution in [0.2, 0.25) is 0 Å². The van der Waals surface area contributed by atoms with Gasteiger partial charge in [-0.1, -0.05) is 46.1 Å². The van der Waals surface area contributed by atoms with E-state index in [2.05, 4.69) is 0 Å². The number of benzene rings is 2. The molecule has 3 rings (SSSR count). The van der Waals surface area contributed by atoms with Crippen molar-refractivity contribution in [3.05, 3.63) is 82.1 Å². The number of rotatable bonds is 12. The van der Waals surface area contributed by atoms with Gasteiger partial charge in [0, 0.05) is 12.0 Å². The molecule has 0 heterocycles. The lowest BCUT2D eigenvalue weighted by Crippen LogP contribution is -2.44. The van der Waals surface area contributed by atoms with Crippen LogP contribution < -0.4 is 4.74 Å². The second-order valence-electron chi connectivity index (χ2n) is 9.97. The van der Waals surface area contributed by atoms with Crippen LogP contribution in [0.4, 0.5) is 4.39 Å². The first-order valence-electron chi connectivity index (χ1n) is 13.3. The Balaban J connectivity index is 1.82. The van der Waals surface area contributed by atoms with Crippen molar-refractivity contribution in [2.45, 2.75) is 85.2 Å². The number of Topliss-reactive ketones (excluding diaryl/α,β-unsaturated/α-hetero) is 1. The molecule has 1 aliphatic rings. The molecule has 1 atom stereocenters. The zero-order chi connectivity index (χ0) is 27.2. The van der Waals surface area contributed by atoms with Crippen LogP contribution in [-0.4, -0.2) is 27.2 Å². The van der Waals surface area contributed by atoms with Gasteiger partial charge in [0.1, 0.15) is 28.8 Å². The van der Waals surface area contributed by atoms with Gasteiger partial charge in [-0.15, -0.1) is 0 Å². The number of aryl methyl sites for hydroxylation is 2. The second-order valence-corrected chi connectivity index (χ2v) is 9.97. The largest absolute Gasteiger partial charge is 0.511 e. The van der Waals surface area contributed by atoms with Crippen molar-refractivity contribution in [3.63, 3.8) is 0 Å². The van der Waals surface area contributed by atoms with E-state index in [0.29, 0.717) is 49.2 Å². The van der Waals surface area contributed by atoms with Crippen LogP contribution in [0.15, 0.2) is 65.1 Å². The number of ketones is 1. The fraction of sp³-hybridized carbons (Fsp3) is 0.452. The average Bonchev–Trinajstić information content (AvgIpc) is 2.86. The summed E-state index contributed by atoms with van der Waals surface area (Å²) in [5.74, 6) is 0.262. The van der Waals surface area contributed by atoms with E-state index in [0.717, 1.165) is 24.0 Å². The van der Waals surface area contributed by atoms with Crippen molar-refractivity contribution in [1.29, 1.82) is 0 Å². The van der Waals surface area contributed by atoms with Gasteiger partial charge >= 0.3 is 0 Å². The van der Waals surface area contributed by atoms with Crippen LogP contribution in [0, 0.1) is 18.2 Å². The quantitative estimate of drug-likeness (QED) is 0.271. The lowest BCUT2D eigenvalue weighted by atomic mass is 9.65. The van der Waals surface area contributed by atoms with Crippen LogP contribution in [0.3, 0.4) is 0 Å². The Kier molecular flexibility index (Phi) is 9.55. The Morgan fingerprint density at radius 1 is 0.946 bits per heavy atom. The number of carbonyl (C=O) groups excluding carboxylic acids is 1. The smallest absolute Gasteiger partial charge is 0.165 e. The molecule has 1 aliphatic carbocycles. The van der Waals surface area contributed by atoms with E-state index >= 15 is 0 Å². The standard InChI is InChI=1S/C31H39FO5/c1-5-8-25-28(34)27(30(36)31(17-6-2,18-7-3)29(25)35)26(33)16-10-21-9-13-24(19-20(21)4)37-23-14-11-22(32)12-15-23/h9,11-15,19,30,34-36H,5-8,10,16-18H2,1-4H3. The van der Waals surface area contributed by atoms with Crippen molar-refractivity contribution in [2.24, 2.45) is 5.41 Å². The zero-order valence-electron chi connectivity index (χ0n) is 22.3. The van der Waals surface area contributed by atoms with Crippen molar-refractivity contribution in [1.82, 2.24) is 0 Å².